The Balaban J connectivity index is 2.50. The maximum Gasteiger partial charge on any atom is 0.0931 e. The predicted octanol–water partition coefficient (Wildman–Crippen LogP) is 2.68. The Labute approximate surface area is 76.2 Å². The van der Waals surface area contributed by atoms with Gasteiger partial charge in [-0.25, -0.2) is 0 Å². The molecule has 0 bridgehead atoms. The quantitative estimate of drug-likeness (QED) is 0.778. The third-order valence-electron chi connectivity index (χ3n) is 1.62. The summed E-state index contributed by atoms with van der Waals surface area (Å²) in [6.07, 6.45) is 1.98. The molecule has 0 aromatic carbocycles. The van der Waals surface area contributed by atoms with Crippen LogP contribution in [0, 0.1) is 0 Å². The Kier molecular flexibility index (Phi) is 3.37. The summed E-state index contributed by atoms with van der Waals surface area (Å²) in [5.74, 6) is 0. The molecule has 3 heteroatoms. The van der Waals surface area contributed by atoms with Crippen molar-refractivity contribution in [2.45, 2.75) is 25.8 Å². The van der Waals surface area contributed by atoms with Crippen LogP contribution in [0.1, 0.15) is 18.2 Å². The average molecular weight is 190 g/mol. The average Bonchev–Trinajstić information content (AvgIpc) is 2.35. The molecule has 1 atom stereocenters. The minimum Gasteiger partial charge on any atom is -0.327 e. The number of rotatable bonds is 3. The fourth-order valence-corrected chi connectivity index (χ4v) is 2.04. The zero-order valence-corrected chi connectivity index (χ0v) is 8.08. The van der Waals surface area contributed by atoms with Crippen LogP contribution in [0.25, 0.3) is 0 Å². The largest absolute Gasteiger partial charge is 0.327 e. The van der Waals surface area contributed by atoms with Crippen molar-refractivity contribution >= 4 is 22.9 Å². The number of hydrogen-bond acceptors (Lipinski definition) is 2. The molecule has 1 aromatic rings. The molecule has 62 valence electrons. The topological polar surface area (TPSA) is 26.0 Å². The highest BCUT2D eigenvalue weighted by Crippen LogP contribution is 2.22. The minimum absolute atomic E-state index is 0.282. The lowest BCUT2D eigenvalue weighted by Crippen LogP contribution is -2.20. The molecule has 0 saturated heterocycles. The molecule has 0 spiro atoms. The first kappa shape index (κ1) is 9.04. The van der Waals surface area contributed by atoms with Gasteiger partial charge in [-0.1, -0.05) is 18.5 Å². The van der Waals surface area contributed by atoms with E-state index in [1.807, 2.05) is 12.1 Å². The molecule has 0 saturated carbocycles. The Morgan fingerprint density at radius 2 is 2.36 bits per heavy atom. The Morgan fingerprint density at radius 1 is 1.64 bits per heavy atom. The normalized spacial score (nSPS) is 13.4. The van der Waals surface area contributed by atoms with Crippen LogP contribution in [0.3, 0.4) is 0 Å². The molecular weight excluding hydrogens is 178 g/mol. The maximum atomic E-state index is 5.78. The van der Waals surface area contributed by atoms with Crippen molar-refractivity contribution in [2.24, 2.45) is 5.73 Å². The number of thiophene rings is 1. The van der Waals surface area contributed by atoms with Crippen LogP contribution in [-0.2, 0) is 6.42 Å². The first-order valence-corrected chi connectivity index (χ1v) is 4.91. The van der Waals surface area contributed by atoms with E-state index in [1.165, 1.54) is 4.88 Å². The van der Waals surface area contributed by atoms with Gasteiger partial charge in [-0.05, 0) is 25.0 Å². The molecule has 1 heterocycles. The summed E-state index contributed by atoms with van der Waals surface area (Å²) >= 11 is 7.38. The maximum absolute atomic E-state index is 5.78. The minimum atomic E-state index is 0.282. The number of halogens is 1. The van der Waals surface area contributed by atoms with Crippen LogP contribution in [0.15, 0.2) is 12.1 Å². The summed E-state index contributed by atoms with van der Waals surface area (Å²) in [7, 11) is 0. The van der Waals surface area contributed by atoms with E-state index in [4.69, 9.17) is 17.3 Å². The molecule has 0 aliphatic heterocycles. The SMILES string of the molecule is CCC(N)Cc1ccc(Cl)s1. The van der Waals surface area contributed by atoms with Crippen molar-refractivity contribution in [3.8, 4) is 0 Å². The van der Waals surface area contributed by atoms with Crippen LogP contribution in [0.4, 0.5) is 0 Å². The van der Waals surface area contributed by atoms with E-state index >= 15 is 0 Å². The van der Waals surface area contributed by atoms with Gasteiger partial charge in [0.25, 0.3) is 0 Å². The number of nitrogens with two attached hydrogens (primary N) is 1. The van der Waals surface area contributed by atoms with E-state index in [0.29, 0.717) is 0 Å². The molecule has 1 nitrogen and oxygen atoms in total. The molecule has 0 aliphatic rings. The van der Waals surface area contributed by atoms with E-state index in [9.17, 15) is 0 Å². The lowest BCUT2D eigenvalue weighted by atomic mass is 10.1. The zero-order valence-electron chi connectivity index (χ0n) is 6.51. The third kappa shape index (κ3) is 2.81. The third-order valence-corrected chi connectivity index (χ3v) is 2.87. The second kappa shape index (κ2) is 4.10. The molecule has 11 heavy (non-hydrogen) atoms. The van der Waals surface area contributed by atoms with Crippen molar-refractivity contribution in [3.05, 3.63) is 21.3 Å². The molecule has 0 radical (unpaired) electrons. The van der Waals surface area contributed by atoms with Crippen molar-refractivity contribution in [3.63, 3.8) is 0 Å². The first-order valence-electron chi connectivity index (χ1n) is 3.72. The molecule has 0 fully saturated rings. The van der Waals surface area contributed by atoms with Crippen molar-refractivity contribution in [2.75, 3.05) is 0 Å². The molecule has 1 aromatic heterocycles. The van der Waals surface area contributed by atoms with Crippen molar-refractivity contribution in [1.82, 2.24) is 0 Å². The van der Waals surface area contributed by atoms with Crippen LogP contribution >= 0.6 is 22.9 Å². The Hall–Kier alpha value is -0.0500. The highest BCUT2D eigenvalue weighted by Gasteiger charge is 2.02. The smallest absolute Gasteiger partial charge is 0.0931 e. The van der Waals surface area contributed by atoms with Crippen LogP contribution < -0.4 is 5.73 Å². The van der Waals surface area contributed by atoms with E-state index < -0.39 is 0 Å². The van der Waals surface area contributed by atoms with Gasteiger partial charge in [-0.15, -0.1) is 11.3 Å². The van der Waals surface area contributed by atoms with Gasteiger partial charge in [0.2, 0.25) is 0 Å². The molecular formula is C8H12ClNS. The Morgan fingerprint density at radius 3 is 2.82 bits per heavy atom. The van der Waals surface area contributed by atoms with Crippen molar-refractivity contribution < 1.29 is 0 Å². The van der Waals surface area contributed by atoms with E-state index in [-0.39, 0.29) is 6.04 Å². The van der Waals surface area contributed by atoms with Gasteiger partial charge >= 0.3 is 0 Å². The van der Waals surface area contributed by atoms with Crippen LogP contribution in [0.2, 0.25) is 4.34 Å². The summed E-state index contributed by atoms with van der Waals surface area (Å²) in [5, 5.41) is 0. The lowest BCUT2D eigenvalue weighted by molar-refractivity contribution is 0.652. The second-order valence-corrected chi connectivity index (χ2v) is 4.38. The molecule has 1 unspecified atom stereocenters. The zero-order chi connectivity index (χ0) is 8.27. The molecule has 2 N–H and O–H groups in total. The fourth-order valence-electron chi connectivity index (χ4n) is 0.864. The van der Waals surface area contributed by atoms with Crippen LogP contribution in [0.5, 0.6) is 0 Å². The lowest BCUT2D eigenvalue weighted by Gasteiger charge is -2.04. The van der Waals surface area contributed by atoms with Gasteiger partial charge in [0.1, 0.15) is 0 Å². The van der Waals surface area contributed by atoms with Crippen molar-refractivity contribution in [1.29, 1.82) is 0 Å². The monoisotopic (exact) mass is 189 g/mol. The highest BCUT2D eigenvalue weighted by molar-refractivity contribution is 7.16. The fraction of sp³-hybridized carbons (Fsp3) is 0.500. The Bertz CT molecular complexity index is 222. The molecule has 0 aliphatic carbocycles. The summed E-state index contributed by atoms with van der Waals surface area (Å²) in [6.45, 7) is 2.10. The molecule has 1 rings (SSSR count). The summed E-state index contributed by atoms with van der Waals surface area (Å²) < 4.78 is 0.850. The first-order chi connectivity index (χ1) is 5.22. The second-order valence-electron chi connectivity index (χ2n) is 2.58. The van der Waals surface area contributed by atoms with Gasteiger partial charge in [-0.3, -0.25) is 0 Å². The van der Waals surface area contributed by atoms with E-state index in [2.05, 4.69) is 6.92 Å². The molecule has 0 amide bonds. The van der Waals surface area contributed by atoms with E-state index in [0.717, 1.165) is 17.2 Å². The van der Waals surface area contributed by atoms with Gasteiger partial charge in [-0.2, -0.15) is 0 Å². The van der Waals surface area contributed by atoms with E-state index in [1.54, 1.807) is 11.3 Å². The van der Waals surface area contributed by atoms with Gasteiger partial charge in [0, 0.05) is 10.9 Å². The van der Waals surface area contributed by atoms with Gasteiger partial charge in [0.05, 0.1) is 4.34 Å². The summed E-state index contributed by atoms with van der Waals surface area (Å²) in [6, 6.07) is 4.25. The van der Waals surface area contributed by atoms with Gasteiger partial charge in [0.15, 0.2) is 0 Å². The number of hydrogen-bond donors (Lipinski definition) is 1. The van der Waals surface area contributed by atoms with Crippen LogP contribution in [-0.4, -0.2) is 6.04 Å². The standard InChI is InChI=1S/C8H12ClNS/c1-2-6(10)5-7-3-4-8(9)11-7/h3-4,6H,2,5,10H2,1H3. The highest BCUT2D eigenvalue weighted by atomic mass is 35.5. The summed E-state index contributed by atoms with van der Waals surface area (Å²) in [4.78, 5) is 1.28. The predicted molar refractivity (Wildman–Crippen MR) is 51.3 cm³/mol. The van der Waals surface area contributed by atoms with Gasteiger partial charge < -0.3 is 5.73 Å². The summed E-state index contributed by atoms with van der Waals surface area (Å²) in [5.41, 5.74) is 5.78.